The van der Waals surface area contributed by atoms with E-state index in [-0.39, 0.29) is 44.5 Å². The fraction of sp³-hybridized carbons (Fsp3) is 0.400. The maximum atomic E-state index is 15.2. The summed E-state index contributed by atoms with van der Waals surface area (Å²) in [6.07, 6.45) is 3.49. The van der Waals surface area contributed by atoms with Gasteiger partial charge in [-0.3, -0.25) is 14.2 Å². The largest absolute Gasteiger partial charge is 0.505 e. The monoisotopic (exact) mass is 629 g/mol. The molecular formula is C30H31ClF3N7O3. The van der Waals surface area contributed by atoms with Crippen molar-refractivity contribution in [3.63, 3.8) is 0 Å². The molecule has 1 atom stereocenters. The molecule has 0 aliphatic carbocycles. The zero-order chi connectivity index (χ0) is 31.4. The number of phenolic OH excluding ortho intramolecular Hbond substituents is 1. The summed E-state index contributed by atoms with van der Waals surface area (Å²) >= 11 is 6.21. The molecule has 44 heavy (non-hydrogen) atoms. The fourth-order valence-electron chi connectivity index (χ4n) is 6.10. The number of likely N-dealkylation sites (N-methyl/N-ethyl adjacent to an activating group) is 1. The molecule has 3 aromatic heterocycles. The summed E-state index contributed by atoms with van der Waals surface area (Å²) in [5, 5.41) is 12.2. The van der Waals surface area contributed by atoms with Crippen LogP contribution in [0.2, 0.25) is 5.02 Å². The second kappa shape index (κ2) is 11.4. The Morgan fingerprint density at radius 3 is 2.64 bits per heavy atom. The van der Waals surface area contributed by atoms with Crippen LogP contribution in [0.1, 0.15) is 31.2 Å². The van der Waals surface area contributed by atoms with E-state index in [4.69, 9.17) is 11.6 Å². The number of phenols is 1. The number of nitrogens with zero attached hydrogens (tertiary/aromatic N) is 6. The minimum Gasteiger partial charge on any atom is -0.505 e. The van der Waals surface area contributed by atoms with Crippen molar-refractivity contribution in [3.8, 4) is 16.9 Å². The molecule has 232 valence electrons. The minimum atomic E-state index is -1.44. The zero-order valence-corrected chi connectivity index (χ0v) is 25.2. The van der Waals surface area contributed by atoms with E-state index in [9.17, 15) is 23.5 Å². The molecule has 1 amide bonds. The third-order valence-electron chi connectivity index (χ3n) is 8.37. The van der Waals surface area contributed by atoms with E-state index in [0.717, 1.165) is 25.9 Å². The van der Waals surface area contributed by atoms with Gasteiger partial charge in [0.1, 0.15) is 28.9 Å². The van der Waals surface area contributed by atoms with E-state index < -0.39 is 41.3 Å². The van der Waals surface area contributed by atoms with Crippen LogP contribution in [0.3, 0.4) is 0 Å². The van der Waals surface area contributed by atoms with E-state index in [1.54, 1.807) is 0 Å². The highest BCUT2D eigenvalue weighted by molar-refractivity contribution is 6.33. The maximum Gasteiger partial charge on any atom is 0.263 e. The normalized spacial score (nSPS) is 17.2. The number of nitrogens with one attached hydrogen (secondary N) is 1. The van der Waals surface area contributed by atoms with Crippen molar-refractivity contribution < 1.29 is 23.1 Å². The number of amides is 1. The lowest BCUT2D eigenvalue weighted by atomic mass is 10.0. The lowest BCUT2D eigenvalue weighted by Gasteiger charge is -2.39. The van der Waals surface area contributed by atoms with Crippen molar-refractivity contribution in [2.45, 2.75) is 52.2 Å². The number of hydrogen-bond donors (Lipinski definition) is 2. The molecular weight excluding hydrogens is 599 g/mol. The highest BCUT2D eigenvalue weighted by Crippen LogP contribution is 2.36. The molecule has 1 fully saturated rings. The Balaban J connectivity index is 1.40. The van der Waals surface area contributed by atoms with Gasteiger partial charge in [-0.1, -0.05) is 11.6 Å². The van der Waals surface area contributed by atoms with Gasteiger partial charge in [0, 0.05) is 62.0 Å². The number of benzene rings is 1. The quantitative estimate of drug-likeness (QED) is 0.314. The van der Waals surface area contributed by atoms with E-state index in [1.807, 2.05) is 18.9 Å². The number of piperazine rings is 1. The molecule has 0 spiro atoms. The van der Waals surface area contributed by atoms with Crippen molar-refractivity contribution in [2.75, 3.05) is 36.9 Å². The summed E-state index contributed by atoms with van der Waals surface area (Å²) in [5.74, 6) is -4.29. The molecule has 0 saturated carbocycles. The van der Waals surface area contributed by atoms with Crippen LogP contribution in [0.5, 0.6) is 5.75 Å². The molecule has 1 saturated heterocycles. The number of rotatable bonds is 5. The van der Waals surface area contributed by atoms with Crippen LogP contribution in [0.25, 0.3) is 22.2 Å². The molecule has 2 N–H and O–H groups in total. The minimum absolute atomic E-state index is 0.0196. The topological polar surface area (TPSA) is 109 Å². The van der Waals surface area contributed by atoms with Gasteiger partial charge in [0.15, 0.2) is 11.6 Å². The van der Waals surface area contributed by atoms with Gasteiger partial charge in [0.25, 0.3) is 5.56 Å². The first-order chi connectivity index (χ1) is 20.9. The van der Waals surface area contributed by atoms with Crippen LogP contribution in [0, 0.1) is 24.5 Å². The average molecular weight is 630 g/mol. The van der Waals surface area contributed by atoms with Crippen LogP contribution in [-0.4, -0.2) is 67.7 Å². The van der Waals surface area contributed by atoms with Gasteiger partial charge >= 0.3 is 0 Å². The predicted octanol–water partition coefficient (Wildman–Crippen LogP) is 4.46. The lowest BCUT2D eigenvalue weighted by molar-refractivity contribution is -0.116. The molecule has 10 nitrogen and oxygen atoms in total. The van der Waals surface area contributed by atoms with Gasteiger partial charge in [-0.25, -0.2) is 14.4 Å². The van der Waals surface area contributed by atoms with Crippen molar-refractivity contribution in [1.29, 1.82) is 0 Å². The third-order valence-corrected chi connectivity index (χ3v) is 8.73. The van der Waals surface area contributed by atoms with Crippen LogP contribution >= 0.6 is 11.6 Å². The molecule has 2 aliphatic rings. The van der Waals surface area contributed by atoms with Crippen molar-refractivity contribution in [1.82, 2.24) is 24.0 Å². The Labute approximate surface area is 255 Å². The molecule has 0 unspecified atom stereocenters. The molecule has 5 heterocycles. The first-order valence-electron chi connectivity index (χ1n) is 14.4. The zero-order valence-electron chi connectivity index (χ0n) is 24.4. The number of carbonyl (C=O) groups is 1. The van der Waals surface area contributed by atoms with Gasteiger partial charge < -0.3 is 24.8 Å². The van der Waals surface area contributed by atoms with E-state index in [1.165, 1.54) is 34.4 Å². The van der Waals surface area contributed by atoms with Crippen LogP contribution in [0.4, 0.5) is 24.7 Å². The number of halogens is 4. The molecule has 6 rings (SSSR count). The van der Waals surface area contributed by atoms with Gasteiger partial charge in [0.05, 0.1) is 11.1 Å². The molecule has 1 aromatic carbocycles. The van der Waals surface area contributed by atoms with Gasteiger partial charge in [-0.2, -0.15) is 8.78 Å². The number of aromatic hydroxyl groups is 1. The Hall–Kier alpha value is -4.10. The van der Waals surface area contributed by atoms with Crippen LogP contribution < -0.4 is 15.8 Å². The standard InChI is InChI=1S/C30H31ClF3N7O3/c1-15-10-17(25(32)26(33)27(15)43)18-13-39(29-23(18)30(44)41-7-5-4-6-20(41)37-29)14-22(42)35-19-11-21(36-28(34)24(19)31)40-9-8-38(3)12-16(40)2/h10-11,13,16,43H,4-9,12,14H2,1-3H3,(H,35,36,42)/t16-/m0/s1. The molecule has 0 radical (unpaired) electrons. The smallest absolute Gasteiger partial charge is 0.263 e. The van der Waals surface area contributed by atoms with Gasteiger partial charge in [-0.05, 0) is 45.4 Å². The van der Waals surface area contributed by atoms with Crippen LogP contribution in [0.15, 0.2) is 23.1 Å². The van der Waals surface area contributed by atoms with Gasteiger partial charge in [-0.15, -0.1) is 0 Å². The number of fused-ring (bicyclic) bond motifs is 2. The van der Waals surface area contributed by atoms with Crippen LogP contribution in [-0.2, 0) is 24.3 Å². The second-order valence-corrected chi connectivity index (χ2v) is 11.9. The second-order valence-electron chi connectivity index (χ2n) is 11.5. The van der Waals surface area contributed by atoms with Crippen molar-refractivity contribution >= 4 is 40.0 Å². The molecule has 4 aromatic rings. The summed E-state index contributed by atoms with van der Waals surface area (Å²) in [6.45, 7) is 5.55. The number of aromatic nitrogens is 4. The summed E-state index contributed by atoms with van der Waals surface area (Å²) < 4.78 is 47.5. The Bertz CT molecular complexity index is 1880. The first-order valence-corrected chi connectivity index (χ1v) is 14.7. The number of carbonyl (C=O) groups excluding carboxylic acids is 1. The van der Waals surface area contributed by atoms with Gasteiger partial charge in [0.2, 0.25) is 17.7 Å². The highest BCUT2D eigenvalue weighted by atomic mass is 35.5. The Kier molecular flexibility index (Phi) is 7.78. The fourth-order valence-corrected chi connectivity index (χ4v) is 6.24. The molecule has 14 heteroatoms. The Morgan fingerprint density at radius 2 is 1.89 bits per heavy atom. The average Bonchev–Trinajstić information content (AvgIpc) is 3.34. The highest BCUT2D eigenvalue weighted by Gasteiger charge is 2.28. The number of aryl methyl sites for hydroxylation is 2. The summed E-state index contributed by atoms with van der Waals surface area (Å²) in [7, 11) is 2.00. The van der Waals surface area contributed by atoms with E-state index in [0.29, 0.717) is 31.2 Å². The number of hydrogen-bond acceptors (Lipinski definition) is 7. The summed E-state index contributed by atoms with van der Waals surface area (Å²) in [6, 6.07) is 2.81. The first kappa shape index (κ1) is 29.9. The van der Waals surface area contributed by atoms with Crippen molar-refractivity contribution in [2.24, 2.45) is 0 Å². The van der Waals surface area contributed by atoms with Crippen molar-refractivity contribution in [3.05, 3.63) is 62.7 Å². The SMILES string of the molecule is Cc1cc(-c2cn(CC(=O)Nc3cc(N4CCN(C)C[C@@H]4C)nc(F)c3Cl)c3nc4n(c(=O)c23)CCCC4)c(F)c(F)c1O. The van der Waals surface area contributed by atoms with E-state index in [2.05, 4.69) is 20.2 Å². The molecule has 0 bridgehead atoms. The summed E-state index contributed by atoms with van der Waals surface area (Å²) in [5.41, 5.74) is -0.433. The maximum absolute atomic E-state index is 15.2. The Morgan fingerprint density at radius 1 is 1.11 bits per heavy atom. The number of pyridine rings is 1. The van der Waals surface area contributed by atoms with E-state index >= 15 is 4.39 Å². The number of anilines is 2. The third kappa shape index (κ3) is 5.17. The lowest BCUT2D eigenvalue weighted by Crippen LogP contribution is -2.50. The summed E-state index contributed by atoms with van der Waals surface area (Å²) in [4.78, 5) is 39.8. The molecule has 2 aliphatic heterocycles. The predicted molar refractivity (Wildman–Crippen MR) is 161 cm³/mol.